The molecule has 36 heavy (non-hydrogen) atoms. The molecular formula is C30H33N3O3. The molecule has 1 aliphatic heterocycles. The molecule has 1 fully saturated rings. The molecule has 1 amide bonds. The summed E-state index contributed by atoms with van der Waals surface area (Å²) in [5, 5.41) is 4.19. The molecular weight excluding hydrogens is 450 g/mol. The van der Waals surface area contributed by atoms with E-state index in [2.05, 4.69) is 29.4 Å². The highest BCUT2D eigenvalue weighted by atomic mass is 16.6. The average molecular weight is 484 g/mol. The number of ether oxygens (including phenoxy) is 1. The van der Waals surface area contributed by atoms with E-state index in [1.165, 1.54) is 5.56 Å². The molecule has 4 rings (SSSR count). The van der Waals surface area contributed by atoms with Crippen molar-refractivity contribution in [2.45, 2.75) is 44.9 Å². The molecule has 1 aliphatic rings. The minimum Gasteiger partial charge on any atom is -0.497 e. The summed E-state index contributed by atoms with van der Waals surface area (Å²) in [4.78, 5) is 20.5. The van der Waals surface area contributed by atoms with Crippen LogP contribution in [0.4, 0.5) is 5.69 Å². The molecule has 6 nitrogen and oxygen atoms in total. The van der Waals surface area contributed by atoms with E-state index in [9.17, 15) is 4.79 Å². The van der Waals surface area contributed by atoms with Gasteiger partial charge in [-0.1, -0.05) is 65.8 Å². The Labute approximate surface area is 213 Å². The second-order valence-electron chi connectivity index (χ2n) is 8.89. The zero-order valence-corrected chi connectivity index (χ0v) is 20.8. The largest absolute Gasteiger partial charge is 0.497 e. The zero-order valence-electron chi connectivity index (χ0n) is 20.8. The topological polar surface area (TPSA) is 77.1 Å². The molecule has 0 bridgehead atoms. The van der Waals surface area contributed by atoms with Crippen LogP contribution in [0.1, 0.15) is 43.4 Å². The van der Waals surface area contributed by atoms with Crippen molar-refractivity contribution < 1.29 is 14.4 Å². The number of anilines is 1. The molecule has 0 saturated carbocycles. The number of hydrogen-bond donors (Lipinski definition) is 1. The Hall–Kier alpha value is -3.90. The average Bonchev–Trinajstić information content (AvgIpc) is 2.92. The van der Waals surface area contributed by atoms with Crippen molar-refractivity contribution in [1.29, 1.82) is 0 Å². The SMILES string of the molecule is COc1ccc(N2C(=O)C(=CC(C)=NOC(N)CCCCc3ccccc3)C2c2ccccc2)cc1. The number of unbranched alkanes of at least 4 members (excludes halogenated alkanes) is 1. The number of nitrogens with two attached hydrogens (primary N) is 1. The van der Waals surface area contributed by atoms with Gasteiger partial charge < -0.3 is 9.57 Å². The van der Waals surface area contributed by atoms with Crippen LogP contribution in [0.3, 0.4) is 0 Å². The number of nitrogens with zero attached hydrogens (tertiary/aromatic N) is 2. The molecule has 0 aromatic heterocycles. The standard InChI is InChI=1S/C30H33N3O3/c1-22(32-36-28(31)16-10-9-13-23-11-5-3-6-12-23)21-27-29(24-14-7-4-8-15-24)33(30(27)34)25-17-19-26(35-2)20-18-25/h3-8,11-12,14-15,17-21,28-29H,9-10,13,16,31H2,1-2H3. The number of methoxy groups -OCH3 is 1. The Balaban J connectivity index is 1.39. The number of oxime groups is 1. The van der Waals surface area contributed by atoms with Crippen LogP contribution in [0.2, 0.25) is 0 Å². The summed E-state index contributed by atoms with van der Waals surface area (Å²) in [6.07, 6.45) is 5.06. The highest BCUT2D eigenvalue weighted by molar-refractivity contribution is 6.18. The molecule has 3 aromatic carbocycles. The molecule has 1 saturated heterocycles. The predicted octanol–water partition coefficient (Wildman–Crippen LogP) is 5.80. The second kappa shape index (κ2) is 12.2. The van der Waals surface area contributed by atoms with E-state index >= 15 is 0 Å². The second-order valence-corrected chi connectivity index (χ2v) is 8.89. The molecule has 186 valence electrons. The zero-order chi connectivity index (χ0) is 25.3. The lowest BCUT2D eigenvalue weighted by Gasteiger charge is -2.43. The maximum Gasteiger partial charge on any atom is 0.257 e. The van der Waals surface area contributed by atoms with Crippen molar-refractivity contribution in [3.63, 3.8) is 0 Å². The van der Waals surface area contributed by atoms with Crippen LogP contribution in [-0.4, -0.2) is 25.0 Å². The van der Waals surface area contributed by atoms with Gasteiger partial charge >= 0.3 is 0 Å². The van der Waals surface area contributed by atoms with Crippen molar-refractivity contribution in [2.24, 2.45) is 10.9 Å². The first-order chi connectivity index (χ1) is 17.6. The van der Waals surface area contributed by atoms with Crippen LogP contribution < -0.4 is 15.4 Å². The summed E-state index contributed by atoms with van der Waals surface area (Å²) in [6, 6.07) is 27.7. The van der Waals surface area contributed by atoms with E-state index in [-0.39, 0.29) is 11.9 Å². The maximum atomic E-state index is 13.2. The Morgan fingerprint density at radius 3 is 2.33 bits per heavy atom. The number of carbonyl (C=O) groups is 1. The number of β-lactam (4-membered cyclic amide) rings is 1. The van der Waals surface area contributed by atoms with E-state index in [0.29, 0.717) is 11.3 Å². The quantitative estimate of drug-likeness (QED) is 0.0934. The molecule has 0 radical (unpaired) electrons. The summed E-state index contributed by atoms with van der Waals surface area (Å²) >= 11 is 0. The predicted molar refractivity (Wildman–Crippen MR) is 144 cm³/mol. The van der Waals surface area contributed by atoms with Crippen LogP contribution in [0.25, 0.3) is 0 Å². The molecule has 2 N–H and O–H groups in total. The first-order valence-electron chi connectivity index (χ1n) is 12.3. The molecule has 1 heterocycles. The number of rotatable bonds is 11. The fraction of sp³-hybridized carbons (Fsp3) is 0.267. The minimum absolute atomic E-state index is 0.0613. The fourth-order valence-electron chi connectivity index (χ4n) is 4.33. The molecule has 2 atom stereocenters. The molecule has 0 spiro atoms. The van der Waals surface area contributed by atoms with E-state index in [1.807, 2.05) is 67.6 Å². The lowest BCUT2D eigenvalue weighted by molar-refractivity contribution is -0.119. The van der Waals surface area contributed by atoms with Gasteiger partial charge in [0.25, 0.3) is 5.91 Å². The normalized spacial score (nSPS) is 17.6. The van der Waals surface area contributed by atoms with Crippen molar-refractivity contribution in [3.05, 3.63) is 108 Å². The monoisotopic (exact) mass is 483 g/mol. The summed E-state index contributed by atoms with van der Waals surface area (Å²) < 4.78 is 5.26. The van der Waals surface area contributed by atoms with Gasteiger partial charge in [0.15, 0.2) is 6.23 Å². The number of allylic oxidation sites excluding steroid dienone is 1. The fourth-order valence-corrected chi connectivity index (χ4v) is 4.33. The highest BCUT2D eigenvalue weighted by Crippen LogP contribution is 2.43. The first-order valence-corrected chi connectivity index (χ1v) is 12.3. The number of benzene rings is 3. The highest BCUT2D eigenvalue weighted by Gasteiger charge is 2.43. The number of carbonyl (C=O) groups excluding carboxylic acids is 1. The van der Waals surface area contributed by atoms with Crippen molar-refractivity contribution in [1.82, 2.24) is 0 Å². The molecule has 3 aromatic rings. The molecule has 2 unspecified atom stereocenters. The van der Waals surface area contributed by atoms with E-state index in [4.69, 9.17) is 15.3 Å². The number of amides is 1. The van der Waals surface area contributed by atoms with Crippen LogP contribution >= 0.6 is 0 Å². The van der Waals surface area contributed by atoms with E-state index in [1.54, 1.807) is 18.1 Å². The van der Waals surface area contributed by atoms with E-state index in [0.717, 1.165) is 42.7 Å². The summed E-state index contributed by atoms with van der Waals surface area (Å²) in [6.45, 7) is 1.82. The lowest BCUT2D eigenvalue weighted by Crippen LogP contribution is -2.49. The van der Waals surface area contributed by atoms with Gasteiger partial charge in [0, 0.05) is 17.7 Å². The van der Waals surface area contributed by atoms with Crippen molar-refractivity contribution in [3.8, 4) is 5.75 Å². The Morgan fingerprint density at radius 2 is 1.67 bits per heavy atom. The summed E-state index contributed by atoms with van der Waals surface area (Å²) in [7, 11) is 1.62. The van der Waals surface area contributed by atoms with Crippen molar-refractivity contribution >= 4 is 17.3 Å². The van der Waals surface area contributed by atoms with Crippen molar-refractivity contribution in [2.75, 3.05) is 12.0 Å². The van der Waals surface area contributed by atoms with Gasteiger partial charge in [-0.25, -0.2) is 0 Å². The number of aryl methyl sites for hydroxylation is 1. The van der Waals surface area contributed by atoms with Gasteiger partial charge in [0.1, 0.15) is 5.75 Å². The summed E-state index contributed by atoms with van der Waals surface area (Å²) in [5.41, 5.74) is 10.6. The van der Waals surface area contributed by atoms with E-state index < -0.39 is 6.23 Å². The van der Waals surface area contributed by atoms with Gasteiger partial charge in [0.2, 0.25) is 0 Å². The maximum absolute atomic E-state index is 13.2. The van der Waals surface area contributed by atoms with Crippen LogP contribution in [0.15, 0.2) is 102 Å². The van der Waals surface area contributed by atoms with Gasteiger partial charge in [-0.2, -0.15) is 0 Å². The smallest absolute Gasteiger partial charge is 0.257 e. The minimum atomic E-state index is -0.480. The van der Waals surface area contributed by atoms with Crippen LogP contribution in [0, 0.1) is 0 Å². The molecule has 0 aliphatic carbocycles. The first kappa shape index (κ1) is 25.2. The van der Waals surface area contributed by atoms with Crippen LogP contribution in [0.5, 0.6) is 5.75 Å². The third-order valence-electron chi connectivity index (χ3n) is 6.23. The lowest BCUT2D eigenvalue weighted by atomic mass is 9.86. The Kier molecular flexibility index (Phi) is 8.53. The Morgan fingerprint density at radius 1 is 1.00 bits per heavy atom. The number of hydrogen-bond acceptors (Lipinski definition) is 5. The third-order valence-corrected chi connectivity index (χ3v) is 6.23. The molecule has 6 heteroatoms. The van der Waals surface area contributed by atoms with Gasteiger partial charge in [-0.05, 0) is 67.7 Å². The Bertz CT molecular complexity index is 1190. The van der Waals surface area contributed by atoms with Gasteiger partial charge in [-0.3, -0.25) is 15.4 Å². The van der Waals surface area contributed by atoms with Gasteiger partial charge in [0.05, 0.1) is 18.9 Å². The summed E-state index contributed by atoms with van der Waals surface area (Å²) in [5.74, 6) is 0.684. The van der Waals surface area contributed by atoms with Gasteiger partial charge in [-0.15, -0.1) is 0 Å². The van der Waals surface area contributed by atoms with Crippen LogP contribution in [-0.2, 0) is 16.1 Å². The third kappa shape index (κ3) is 6.20.